The number of hydrogen-bond acceptors (Lipinski definition) is 3. The third kappa shape index (κ3) is 2.07. The van der Waals surface area contributed by atoms with Crippen LogP contribution < -0.4 is 0 Å². The molecule has 2 heterocycles. The van der Waals surface area contributed by atoms with E-state index in [1.54, 1.807) is 6.20 Å². The van der Waals surface area contributed by atoms with Crippen molar-refractivity contribution < 1.29 is 0 Å². The van der Waals surface area contributed by atoms with Gasteiger partial charge in [0, 0.05) is 18.8 Å². The largest absolute Gasteiger partial charge is 0.297 e. The summed E-state index contributed by atoms with van der Waals surface area (Å²) in [5, 5.41) is 8.34. The summed E-state index contributed by atoms with van der Waals surface area (Å²) in [6, 6.07) is 1.99. The van der Waals surface area contributed by atoms with E-state index in [1.165, 1.54) is 5.56 Å². The van der Waals surface area contributed by atoms with Crippen molar-refractivity contribution in [1.82, 2.24) is 19.7 Å². The summed E-state index contributed by atoms with van der Waals surface area (Å²) in [4.78, 5) is 4.07. The molecule has 0 unspecified atom stereocenters. The Balaban J connectivity index is 2.33. The van der Waals surface area contributed by atoms with Crippen LogP contribution in [0.2, 0.25) is 5.28 Å². The predicted octanol–water partition coefficient (Wildman–Crippen LogP) is 2.25. The van der Waals surface area contributed by atoms with Crippen molar-refractivity contribution in [2.24, 2.45) is 0 Å². The molecule has 84 valence electrons. The Kier molecular flexibility index (Phi) is 3.19. The molecule has 0 bridgehead atoms. The van der Waals surface area contributed by atoms with Gasteiger partial charge < -0.3 is 0 Å². The zero-order valence-electron chi connectivity index (χ0n) is 9.31. The molecular formula is C11H13ClN4. The fraction of sp³-hybridized carbons (Fsp3) is 0.364. The van der Waals surface area contributed by atoms with Crippen molar-refractivity contribution in [2.75, 3.05) is 0 Å². The number of hydrogen-bond donors (Lipinski definition) is 0. The third-order valence-corrected chi connectivity index (χ3v) is 2.84. The predicted molar refractivity (Wildman–Crippen MR) is 62.5 cm³/mol. The maximum atomic E-state index is 6.00. The van der Waals surface area contributed by atoms with Crippen LogP contribution in [0.25, 0.3) is 0 Å². The first-order valence-corrected chi connectivity index (χ1v) is 5.57. The van der Waals surface area contributed by atoms with Gasteiger partial charge in [-0.2, -0.15) is 0 Å². The lowest BCUT2D eigenvalue weighted by Gasteiger charge is -2.08. The SMILES string of the molecule is CCc1nnc(Cl)n1Cc1ccncc1C. The maximum absolute atomic E-state index is 6.00. The number of aromatic nitrogens is 4. The summed E-state index contributed by atoms with van der Waals surface area (Å²) in [6.07, 6.45) is 4.45. The van der Waals surface area contributed by atoms with Gasteiger partial charge in [0.2, 0.25) is 5.28 Å². The molecular weight excluding hydrogens is 224 g/mol. The van der Waals surface area contributed by atoms with Crippen molar-refractivity contribution in [3.05, 3.63) is 40.7 Å². The normalized spacial score (nSPS) is 10.7. The van der Waals surface area contributed by atoms with E-state index in [2.05, 4.69) is 15.2 Å². The van der Waals surface area contributed by atoms with Crippen molar-refractivity contribution in [2.45, 2.75) is 26.8 Å². The van der Waals surface area contributed by atoms with E-state index in [1.807, 2.05) is 30.7 Å². The second kappa shape index (κ2) is 4.61. The smallest absolute Gasteiger partial charge is 0.225 e. The maximum Gasteiger partial charge on any atom is 0.225 e. The van der Waals surface area contributed by atoms with Crippen molar-refractivity contribution in [3.63, 3.8) is 0 Å². The number of nitrogens with zero attached hydrogens (tertiary/aromatic N) is 4. The molecule has 5 heteroatoms. The summed E-state index contributed by atoms with van der Waals surface area (Å²) >= 11 is 6.00. The van der Waals surface area contributed by atoms with Gasteiger partial charge in [-0.05, 0) is 35.7 Å². The molecule has 0 atom stereocenters. The van der Waals surface area contributed by atoms with Crippen LogP contribution in [0.3, 0.4) is 0 Å². The number of pyridine rings is 1. The van der Waals surface area contributed by atoms with Crippen LogP contribution in [0.1, 0.15) is 23.9 Å². The lowest BCUT2D eigenvalue weighted by molar-refractivity contribution is 0.728. The highest BCUT2D eigenvalue weighted by molar-refractivity contribution is 6.28. The highest BCUT2D eigenvalue weighted by Crippen LogP contribution is 2.14. The molecule has 2 aromatic rings. The lowest BCUT2D eigenvalue weighted by atomic mass is 10.1. The molecule has 2 aromatic heterocycles. The molecule has 0 aromatic carbocycles. The Morgan fingerprint density at radius 2 is 2.19 bits per heavy atom. The first-order chi connectivity index (χ1) is 7.72. The van der Waals surface area contributed by atoms with Gasteiger partial charge in [0.05, 0.1) is 6.54 Å². The Hall–Kier alpha value is -1.42. The number of aryl methyl sites for hydroxylation is 2. The molecule has 4 nitrogen and oxygen atoms in total. The first-order valence-electron chi connectivity index (χ1n) is 5.19. The van der Waals surface area contributed by atoms with Crippen LogP contribution in [-0.4, -0.2) is 19.7 Å². The molecule has 0 fully saturated rings. The molecule has 0 N–H and O–H groups in total. The molecule has 0 amide bonds. The molecule has 0 aliphatic heterocycles. The summed E-state index contributed by atoms with van der Waals surface area (Å²) in [5.74, 6) is 0.904. The summed E-state index contributed by atoms with van der Waals surface area (Å²) in [5.41, 5.74) is 2.33. The molecule has 2 rings (SSSR count). The van der Waals surface area contributed by atoms with Crippen LogP contribution in [0.15, 0.2) is 18.5 Å². The van der Waals surface area contributed by atoms with Gasteiger partial charge >= 0.3 is 0 Å². The average molecular weight is 237 g/mol. The van der Waals surface area contributed by atoms with Gasteiger partial charge in [0.25, 0.3) is 0 Å². The zero-order chi connectivity index (χ0) is 11.5. The Morgan fingerprint density at radius 1 is 1.38 bits per heavy atom. The van der Waals surface area contributed by atoms with Crippen LogP contribution in [0.5, 0.6) is 0 Å². The van der Waals surface area contributed by atoms with Gasteiger partial charge in [0.15, 0.2) is 0 Å². The minimum atomic E-state index is 0.438. The molecule has 0 saturated heterocycles. The Morgan fingerprint density at radius 3 is 2.88 bits per heavy atom. The number of halogens is 1. The minimum Gasteiger partial charge on any atom is -0.297 e. The van der Waals surface area contributed by atoms with Crippen LogP contribution in [0, 0.1) is 6.92 Å². The molecule has 16 heavy (non-hydrogen) atoms. The summed E-state index contributed by atoms with van der Waals surface area (Å²) in [6.45, 7) is 4.77. The summed E-state index contributed by atoms with van der Waals surface area (Å²) in [7, 11) is 0. The number of rotatable bonds is 3. The molecule has 0 spiro atoms. The van der Waals surface area contributed by atoms with E-state index in [0.717, 1.165) is 17.8 Å². The third-order valence-electron chi connectivity index (χ3n) is 2.56. The van der Waals surface area contributed by atoms with Crippen molar-refractivity contribution >= 4 is 11.6 Å². The van der Waals surface area contributed by atoms with E-state index in [-0.39, 0.29) is 0 Å². The van der Waals surface area contributed by atoms with Gasteiger partial charge in [0.1, 0.15) is 5.82 Å². The Bertz CT molecular complexity index is 492. The Labute approximate surface area is 99.3 Å². The van der Waals surface area contributed by atoms with Gasteiger partial charge in [-0.15, -0.1) is 10.2 Å². The van der Waals surface area contributed by atoms with Crippen LogP contribution in [-0.2, 0) is 13.0 Å². The van der Waals surface area contributed by atoms with Gasteiger partial charge in [-0.3, -0.25) is 9.55 Å². The van der Waals surface area contributed by atoms with E-state index in [4.69, 9.17) is 11.6 Å². The quantitative estimate of drug-likeness (QED) is 0.821. The van der Waals surface area contributed by atoms with E-state index in [9.17, 15) is 0 Å². The standard InChI is InChI=1S/C11H13ClN4/c1-3-10-14-15-11(12)16(10)7-9-4-5-13-6-8(9)2/h4-6H,3,7H2,1-2H3. The monoisotopic (exact) mass is 236 g/mol. The van der Waals surface area contributed by atoms with E-state index in [0.29, 0.717) is 11.8 Å². The molecule has 0 saturated carbocycles. The topological polar surface area (TPSA) is 43.6 Å². The van der Waals surface area contributed by atoms with Gasteiger partial charge in [-0.1, -0.05) is 6.92 Å². The molecule has 0 aliphatic carbocycles. The average Bonchev–Trinajstić information content (AvgIpc) is 2.63. The van der Waals surface area contributed by atoms with E-state index >= 15 is 0 Å². The second-order valence-corrected chi connectivity index (χ2v) is 3.97. The fourth-order valence-corrected chi connectivity index (χ4v) is 1.78. The summed E-state index contributed by atoms with van der Waals surface area (Å²) < 4.78 is 1.92. The van der Waals surface area contributed by atoms with Crippen molar-refractivity contribution in [3.8, 4) is 0 Å². The zero-order valence-corrected chi connectivity index (χ0v) is 10.1. The first kappa shape index (κ1) is 11.1. The van der Waals surface area contributed by atoms with Gasteiger partial charge in [-0.25, -0.2) is 0 Å². The lowest BCUT2D eigenvalue weighted by Crippen LogP contribution is -2.06. The second-order valence-electron chi connectivity index (χ2n) is 3.63. The van der Waals surface area contributed by atoms with E-state index < -0.39 is 0 Å². The highest BCUT2D eigenvalue weighted by Gasteiger charge is 2.09. The molecule has 0 aliphatic rings. The highest BCUT2D eigenvalue weighted by atomic mass is 35.5. The van der Waals surface area contributed by atoms with Crippen LogP contribution >= 0.6 is 11.6 Å². The molecule has 0 radical (unpaired) electrons. The minimum absolute atomic E-state index is 0.438. The fourth-order valence-electron chi connectivity index (χ4n) is 1.58. The van der Waals surface area contributed by atoms with Crippen molar-refractivity contribution in [1.29, 1.82) is 0 Å². The van der Waals surface area contributed by atoms with Crippen LogP contribution in [0.4, 0.5) is 0 Å².